The summed E-state index contributed by atoms with van der Waals surface area (Å²) in [6.07, 6.45) is 0.901. The zero-order chi connectivity index (χ0) is 14.4. The maximum Gasteiger partial charge on any atom is 0.307 e. The average Bonchev–Trinajstić information content (AvgIpc) is 2.91. The van der Waals surface area contributed by atoms with Crippen LogP contribution in [0.2, 0.25) is 0 Å². The van der Waals surface area contributed by atoms with E-state index in [1.807, 2.05) is 0 Å². The second-order valence-corrected chi connectivity index (χ2v) is 6.05. The first kappa shape index (κ1) is 13.8. The molecule has 0 bridgehead atoms. The van der Waals surface area contributed by atoms with Crippen LogP contribution in [0, 0.1) is 23.2 Å². The molecule has 0 unspecified atom stereocenters. The summed E-state index contributed by atoms with van der Waals surface area (Å²) in [4.78, 5) is 35.8. The summed E-state index contributed by atoms with van der Waals surface area (Å²) in [7, 11) is 0. The molecule has 0 spiro atoms. The summed E-state index contributed by atoms with van der Waals surface area (Å²) in [5.74, 6) is -3.35. The number of aliphatic carboxylic acids is 2. The van der Waals surface area contributed by atoms with Crippen LogP contribution in [-0.2, 0) is 14.4 Å². The van der Waals surface area contributed by atoms with Crippen molar-refractivity contribution in [2.75, 3.05) is 13.1 Å². The summed E-state index contributed by atoms with van der Waals surface area (Å²) in [5, 5.41) is 18.0. The van der Waals surface area contributed by atoms with Crippen molar-refractivity contribution in [3.8, 4) is 0 Å². The largest absolute Gasteiger partial charge is 0.481 e. The molecule has 0 aromatic carbocycles. The maximum atomic E-state index is 12.3. The van der Waals surface area contributed by atoms with Crippen LogP contribution >= 0.6 is 0 Å². The van der Waals surface area contributed by atoms with E-state index in [0.29, 0.717) is 25.9 Å². The quantitative estimate of drug-likeness (QED) is 0.785. The molecule has 19 heavy (non-hydrogen) atoms. The van der Waals surface area contributed by atoms with Crippen molar-refractivity contribution in [2.24, 2.45) is 23.2 Å². The van der Waals surface area contributed by atoms with E-state index < -0.39 is 29.2 Å². The smallest absolute Gasteiger partial charge is 0.307 e. The van der Waals surface area contributed by atoms with Gasteiger partial charge in [-0.05, 0) is 18.3 Å². The van der Waals surface area contributed by atoms with E-state index >= 15 is 0 Å². The minimum atomic E-state index is -0.927. The SMILES string of the molecule is CC1(C)[C@H](C(=O)O)[C@@H]1C(=O)N1CCC(C(=O)O)CC1. The van der Waals surface area contributed by atoms with Crippen LogP contribution in [0.15, 0.2) is 0 Å². The summed E-state index contributed by atoms with van der Waals surface area (Å²) in [6, 6.07) is 0. The molecule has 6 heteroatoms. The molecule has 2 rings (SSSR count). The molecule has 0 aromatic heterocycles. The zero-order valence-electron chi connectivity index (χ0n) is 11.1. The monoisotopic (exact) mass is 269 g/mol. The summed E-state index contributed by atoms with van der Waals surface area (Å²) in [6.45, 7) is 4.40. The van der Waals surface area contributed by atoms with Gasteiger partial charge in [0.1, 0.15) is 0 Å². The van der Waals surface area contributed by atoms with Crippen LogP contribution in [0.1, 0.15) is 26.7 Å². The zero-order valence-corrected chi connectivity index (χ0v) is 11.1. The fourth-order valence-corrected chi connectivity index (χ4v) is 3.10. The van der Waals surface area contributed by atoms with Crippen molar-refractivity contribution in [1.82, 2.24) is 4.90 Å². The topological polar surface area (TPSA) is 94.9 Å². The number of rotatable bonds is 3. The van der Waals surface area contributed by atoms with Crippen molar-refractivity contribution in [3.05, 3.63) is 0 Å². The third kappa shape index (κ3) is 2.31. The Morgan fingerprint density at radius 2 is 1.53 bits per heavy atom. The van der Waals surface area contributed by atoms with Gasteiger partial charge in [0.25, 0.3) is 0 Å². The van der Waals surface area contributed by atoms with Crippen LogP contribution in [0.25, 0.3) is 0 Å². The molecule has 1 heterocycles. The predicted molar refractivity (Wildman–Crippen MR) is 65.3 cm³/mol. The van der Waals surface area contributed by atoms with Gasteiger partial charge in [0.2, 0.25) is 5.91 Å². The number of carboxylic acid groups (broad SMARTS) is 2. The molecular weight excluding hydrogens is 250 g/mol. The number of carbonyl (C=O) groups is 3. The molecule has 0 aromatic rings. The van der Waals surface area contributed by atoms with Crippen molar-refractivity contribution in [3.63, 3.8) is 0 Å². The molecule has 1 aliphatic carbocycles. The van der Waals surface area contributed by atoms with E-state index in [0.717, 1.165) is 0 Å². The number of piperidine rings is 1. The fourth-order valence-electron chi connectivity index (χ4n) is 3.10. The van der Waals surface area contributed by atoms with Crippen molar-refractivity contribution in [2.45, 2.75) is 26.7 Å². The Morgan fingerprint density at radius 1 is 1.00 bits per heavy atom. The van der Waals surface area contributed by atoms with Crippen molar-refractivity contribution < 1.29 is 24.6 Å². The van der Waals surface area contributed by atoms with E-state index in [1.165, 1.54) is 0 Å². The van der Waals surface area contributed by atoms with Gasteiger partial charge in [-0.3, -0.25) is 14.4 Å². The van der Waals surface area contributed by atoms with Gasteiger partial charge in [0, 0.05) is 13.1 Å². The Morgan fingerprint density at radius 3 is 1.89 bits per heavy atom. The first-order valence-corrected chi connectivity index (χ1v) is 6.51. The molecule has 2 N–H and O–H groups in total. The lowest BCUT2D eigenvalue weighted by molar-refractivity contribution is -0.146. The third-order valence-electron chi connectivity index (χ3n) is 4.52. The van der Waals surface area contributed by atoms with E-state index in [-0.39, 0.29) is 11.8 Å². The van der Waals surface area contributed by atoms with Crippen LogP contribution in [0.5, 0.6) is 0 Å². The van der Waals surface area contributed by atoms with Gasteiger partial charge >= 0.3 is 11.9 Å². The molecule has 2 aliphatic rings. The standard InChI is InChI=1S/C13H19NO5/c1-13(2)8(9(13)12(18)19)10(15)14-5-3-7(4-6-14)11(16)17/h7-9H,3-6H2,1-2H3,(H,16,17)(H,18,19)/t8-,9+/m1/s1. The fraction of sp³-hybridized carbons (Fsp3) is 0.769. The lowest BCUT2D eigenvalue weighted by Gasteiger charge is -2.30. The molecule has 2 fully saturated rings. The number of carboxylic acids is 2. The summed E-state index contributed by atoms with van der Waals surface area (Å²) >= 11 is 0. The average molecular weight is 269 g/mol. The van der Waals surface area contributed by atoms with Gasteiger partial charge in [0.05, 0.1) is 17.8 Å². The molecule has 1 aliphatic heterocycles. The van der Waals surface area contributed by atoms with E-state index in [1.54, 1.807) is 18.7 Å². The van der Waals surface area contributed by atoms with E-state index in [2.05, 4.69) is 0 Å². The maximum absolute atomic E-state index is 12.3. The molecule has 1 amide bonds. The van der Waals surface area contributed by atoms with E-state index in [4.69, 9.17) is 10.2 Å². The highest BCUT2D eigenvalue weighted by Crippen LogP contribution is 2.59. The number of nitrogens with zero attached hydrogens (tertiary/aromatic N) is 1. The normalized spacial score (nSPS) is 29.9. The Bertz CT molecular complexity index is 423. The summed E-state index contributed by atoms with van der Waals surface area (Å²) < 4.78 is 0. The van der Waals surface area contributed by atoms with E-state index in [9.17, 15) is 14.4 Å². The lowest BCUT2D eigenvalue weighted by Crippen LogP contribution is -2.41. The molecule has 0 radical (unpaired) electrons. The molecule has 106 valence electrons. The summed E-state index contributed by atoms with van der Waals surface area (Å²) in [5.41, 5.74) is -0.493. The predicted octanol–water partition coefficient (Wildman–Crippen LogP) is 0.666. The molecule has 6 nitrogen and oxygen atoms in total. The number of likely N-dealkylation sites (tertiary alicyclic amines) is 1. The van der Waals surface area contributed by atoms with Gasteiger partial charge in [-0.2, -0.15) is 0 Å². The molecule has 1 saturated heterocycles. The molecule has 2 atom stereocenters. The first-order chi connectivity index (χ1) is 8.76. The molecule has 1 saturated carbocycles. The highest BCUT2D eigenvalue weighted by Gasteiger charge is 2.66. The van der Waals surface area contributed by atoms with Gasteiger partial charge in [-0.25, -0.2) is 0 Å². The Balaban J connectivity index is 1.96. The number of amides is 1. The highest BCUT2D eigenvalue weighted by atomic mass is 16.4. The Hall–Kier alpha value is -1.59. The van der Waals surface area contributed by atoms with Gasteiger partial charge < -0.3 is 15.1 Å². The minimum Gasteiger partial charge on any atom is -0.481 e. The first-order valence-electron chi connectivity index (χ1n) is 6.51. The van der Waals surface area contributed by atoms with Gasteiger partial charge in [0.15, 0.2) is 0 Å². The number of hydrogen-bond acceptors (Lipinski definition) is 3. The van der Waals surface area contributed by atoms with Gasteiger partial charge in [-0.15, -0.1) is 0 Å². The Kier molecular flexibility index (Phi) is 3.28. The third-order valence-corrected chi connectivity index (χ3v) is 4.52. The van der Waals surface area contributed by atoms with Crippen LogP contribution < -0.4 is 0 Å². The van der Waals surface area contributed by atoms with Crippen molar-refractivity contribution >= 4 is 17.8 Å². The minimum absolute atomic E-state index is 0.138. The van der Waals surface area contributed by atoms with Crippen LogP contribution in [-0.4, -0.2) is 46.0 Å². The molecular formula is C13H19NO5. The van der Waals surface area contributed by atoms with Crippen molar-refractivity contribution in [1.29, 1.82) is 0 Å². The highest BCUT2D eigenvalue weighted by molar-refractivity contribution is 5.91. The second-order valence-electron chi connectivity index (χ2n) is 6.05. The second kappa shape index (κ2) is 4.51. The number of hydrogen-bond donors (Lipinski definition) is 2. The van der Waals surface area contributed by atoms with Gasteiger partial charge in [-0.1, -0.05) is 13.8 Å². The van der Waals surface area contributed by atoms with Crippen LogP contribution in [0.3, 0.4) is 0 Å². The lowest BCUT2D eigenvalue weighted by atomic mass is 9.96. The number of carbonyl (C=O) groups excluding carboxylic acids is 1. The Labute approximate surface area is 111 Å². The van der Waals surface area contributed by atoms with Crippen LogP contribution in [0.4, 0.5) is 0 Å².